The highest BCUT2D eigenvalue weighted by Gasteiger charge is 2.23. The van der Waals surface area contributed by atoms with Gasteiger partial charge < -0.3 is 9.47 Å². The summed E-state index contributed by atoms with van der Waals surface area (Å²) in [5.74, 6) is 0.586. The molecule has 0 aliphatic carbocycles. The molecule has 1 fully saturated rings. The van der Waals surface area contributed by atoms with Gasteiger partial charge in [-0.3, -0.25) is 0 Å². The normalized spacial score (nSPS) is 22.1. The van der Waals surface area contributed by atoms with E-state index in [9.17, 15) is 4.39 Å². The molecule has 0 N–H and O–H groups in total. The van der Waals surface area contributed by atoms with Crippen molar-refractivity contribution in [2.24, 2.45) is 0 Å². The van der Waals surface area contributed by atoms with Crippen LogP contribution in [0.4, 0.5) is 4.39 Å². The number of halogens is 2. The number of hydrogen-bond acceptors (Lipinski definition) is 2. The Labute approximate surface area is 128 Å². The molecule has 112 valence electrons. The Kier molecular flexibility index (Phi) is 6.30. The Morgan fingerprint density at radius 2 is 2.10 bits per heavy atom. The summed E-state index contributed by atoms with van der Waals surface area (Å²) in [6.07, 6.45) is 7.23. The monoisotopic (exact) mass is 344 g/mol. The van der Waals surface area contributed by atoms with Crippen LogP contribution in [-0.4, -0.2) is 24.6 Å². The van der Waals surface area contributed by atoms with Crippen LogP contribution in [0.25, 0.3) is 0 Å². The fourth-order valence-corrected chi connectivity index (χ4v) is 3.21. The van der Waals surface area contributed by atoms with Crippen LogP contribution in [0, 0.1) is 5.82 Å². The summed E-state index contributed by atoms with van der Waals surface area (Å²) >= 11 is 3.46. The number of methoxy groups -OCH3 is 1. The van der Waals surface area contributed by atoms with Crippen LogP contribution in [-0.2, 0) is 11.2 Å². The highest BCUT2D eigenvalue weighted by atomic mass is 79.9. The van der Waals surface area contributed by atoms with E-state index < -0.39 is 0 Å². The fourth-order valence-electron chi connectivity index (χ4n) is 2.74. The Hall–Kier alpha value is -0.610. The molecule has 1 aromatic rings. The van der Waals surface area contributed by atoms with E-state index >= 15 is 0 Å². The van der Waals surface area contributed by atoms with Gasteiger partial charge in [-0.1, -0.05) is 22.4 Å². The first kappa shape index (κ1) is 15.8. The quantitative estimate of drug-likeness (QED) is 0.536. The predicted molar refractivity (Wildman–Crippen MR) is 82.2 cm³/mol. The maximum atomic E-state index is 13.2. The molecule has 2 atom stereocenters. The second kappa shape index (κ2) is 7.99. The molecular formula is C16H22BrFO2. The molecule has 4 heteroatoms. The number of benzene rings is 1. The van der Waals surface area contributed by atoms with Crippen molar-refractivity contribution in [3.05, 3.63) is 29.6 Å². The molecule has 0 unspecified atom stereocenters. The molecule has 1 aliphatic heterocycles. The Balaban J connectivity index is 1.72. The molecule has 1 heterocycles. The van der Waals surface area contributed by atoms with Crippen molar-refractivity contribution in [3.8, 4) is 5.75 Å². The molecule has 0 saturated carbocycles. The molecule has 20 heavy (non-hydrogen) atoms. The van der Waals surface area contributed by atoms with Crippen molar-refractivity contribution in [3.63, 3.8) is 0 Å². The van der Waals surface area contributed by atoms with Crippen LogP contribution in [0.5, 0.6) is 5.75 Å². The fraction of sp³-hybridized carbons (Fsp3) is 0.625. The summed E-state index contributed by atoms with van der Waals surface area (Å²) < 4.78 is 24.4. The lowest BCUT2D eigenvalue weighted by Gasteiger charge is -2.12. The molecular weight excluding hydrogens is 323 g/mol. The summed E-state index contributed by atoms with van der Waals surface area (Å²) in [7, 11) is 1.63. The number of hydrogen-bond donors (Lipinski definition) is 0. The predicted octanol–water partition coefficient (Wildman–Crippen LogP) is 4.49. The topological polar surface area (TPSA) is 18.5 Å². The van der Waals surface area contributed by atoms with Gasteiger partial charge in [0.15, 0.2) is 0 Å². The summed E-state index contributed by atoms with van der Waals surface area (Å²) in [4.78, 5) is 0. The maximum absolute atomic E-state index is 13.2. The van der Waals surface area contributed by atoms with Gasteiger partial charge in [0.25, 0.3) is 0 Å². The smallest absolute Gasteiger partial charge is 0.123 e. The van der Waals surface area contributed by atoms with Gasteiger partial charge in [0, 0.05) is 5.33 Å². The van der Waals surface area contributed by atoms with Gasteiger partial charge in [-0.25, -0.2) is 4.39 Å². The lowest BCUT2D eigenvalue weighted by molar-refractivity contribution is 0.0526. The van der Waals surface area contributed by atoms with E-state index in [-0.39, 0.29) is 5.82 Å². The van der Waals surface area contributed by atoms with Crippen molar-refractivity contribution in [2.75, 3.05) is 12.4 Å². The van der Waals surface area contributed by atoms with Gasteiger partial charge in [-0.15, -0.1) is 0 Å². The number of ether oxygens (including phenoxy) is 2. The van der Waals surface area contributed by atoms with Crippen molar-refractivity contribution >= 4 is 15.9 Å². The summed E-state index contributed by atoms with van der Waals surface area (Å²) in [6, 6.07) is 4.71. The van der Waals surface area contributed by atoms with E-state index in [4.69, 9.17) is 9.47 Å². The lowest BCUT2D eigenvalue weighted by atomic mass is 10.0. The number of alkyl halides is 1. The van der Waals surface area contributed by atoms with E-state index in [1.807, 2.05) is 0 Å². The minimum absolute atomic E-state index is 0.194. The zero-order chi connectivity index (χ0) is 14.4. The standard InChI is InChI=1S/C16H22BrFO2/c1-19-16-9-6-13(18)10-12(16)4-2-3-5-14-7-8-15(11-17)20-14/h6,9-10,14-15H,2-5,7-8,11H2,1H3/t14-,15+/m1/s1. The molecule has 0 spiro atoms. The van der Waals surface area contributed by atoms with Crippen LogP contribution >= 0.6 is 15.9 Å². The van der Waals surface area contributed by atoms with E-state index in [0.717, 1.165) is 48.7 Å². The largest absolute Gasteiger partial charge is 0.496 e. The number of rotatable bonds is 7. The first-order valence-corrected chi connectivity index (χ1v) is 8.39. The third-order valence-corrected chi connectivity index (χ3v) is 4.55. The van der Waals surface area contributed by atoms with Gasteiger partial charge in [-0.2, -0.15) is 0 Å². The van der Waals surface area contributed by atoms with Crippen molar-refractivity contribution in [1.82, 2.24) is 0 Å². The Morgan fingerprint density at radius 1 is 1.30 bits per heavy atom. The molecule has 0 radical (unpaired) electrons. The molecule has 1 aliphatic rings. The molecule has 2 rings (SSSR count). The highest BCUT2D eigenvalue weighted by molar-refractivity contribution is 9.09. The van der Waals surface area contributed by atoms with Gasteiger partial charge >= 0.3 is 0 Å². The van der Waals surface area contributed by atoms with E-state index in [1.54, 1.807) is 19.2 Å². The molecule has 0 bridgehead atoms. The van der Waals surface area contributed by atoms with E-state index in [1.165, 1.54) is 12.5 Å². The van der Waals surface area contributed by atoms with Gasteiger partial charge in [0.05, 0.1) is 19.3 Å². The second-order valence-electron chi connectivity index (χ2n) is 5.31. The zero-order valence-corrected chi connectivity index (χ0v) is 13.5. The Bertz CT molecular complexity index is 425. The molecule has 1 aromatic carbocycles. The Morgan fingerprint density at radius 3 is 2.80 bits per heavy atom. The molecule has 0 amide bonds. The van der Waals surface area contributed by atoms with Crippen LogP contribution < -0.4 is 4.74 Å². The third-order valence-electron chi connectivity index (χ3n) is 3.83. The van der Waals surface area contributed by atoms with Crippen molar-refractivity contribution < 1.29 is 13.9 Å². The van der Waals surface area contributed by atoms with Gasteiger partial charge in [0.1, 0.15) is 11.6 Å². The zero-order valence-electron chi connectivity index (χ0n) is 11.9. The van der Waals surface area contributed by atoms with E-state index in [0.29, 0.717) is 12.2 Å². The lowest BCUT2D eigenvalue weighted by Crippen LogP contribution is -2.11. The first-order chi connectivity index (χ1) is 9.72. The van der Waals surface area contributed by atoms with Gasteiger partial charge in [-0.05, 0) is 55.9 Å². The first-order valence-electron chi connectivity index (χ1n) is 7.26. The van der Waals surface area contributed by atoms with Crippen LogP contribution in [0.15, 0.2) is 18.2 Å². The average Bonchev–Trinajstić information content (AvgIpc) is 2.92. The van der Waals surface area contributed by atoms with Crippen molar-refractivity contribution in [1.29, 1.82) is 0 Å². The maximum Gasteiger partial charge on any atom is 0.123 e. The van der Waals surface area contributed by atoms with Crippen LogP contribution in [0.3, 0.4) is 0 Å². The average molecular weight is 345 g/mol. The summed E-state index contributed by atoms with van der Waals surface area (Å²) in [5.41, 5.74) is 0.957. The van der Waals surface area contributed by atoms with Gasteiger partial charge in [0.2, 0.25) is 0 Å². The molecule has 2 nitrogen and oxygen atoms in total. The van der Waals surface area contributed by atoms with Crippen LogP contribution in [0.1, 0.15) is 37.7 Å². The summed E-state index contributed by atoms with van der Waals surface area (Å²) in [5, 5.41) is 0.935. The van der Waals surface area contributed by atoms with E-state index in [2.05, 4.69) is 15.9 Å². The second-order valence-corrected chi connectivity index (χ2v) is 5.96. The molecule has 0 aromatic heterocycles. The van der Waals surface area contributed by atoms with Crippen LogP contribution in [0.2, 0.25) is 0 Å². The number of unbranched alkanes of at least 4 members (excludes halogenated alkanes) is 1. The number of aryl methyl sites for hydroxylation is 1. The molecule has 1 saturated heterocycles. The van der Waals surface area contributed by atoms with Crippen molar-refractivity contribution in [2.45, 2.75) is 50.7 Å². The minimum Gasteiger partial charge on any atom is -0.496 e. The summed E-state index contributed by atoms with van der Waals surface area (Å²) in [6.45, 7) is 0. The highest BCUT2D eigenvalue weighted by Crippen LogP contribution is 2.26. The SMILES string of the molecule is COc1ccc(F)cc1CCCC[C@@H]1CC[C@@H](CBr)O1. The third kappa shape index (κ3) is 4.45. The minimum atomic E-state index is -0.194.